The van der Waals surface area contributed by atoms with Crippen molar-refractivity contribution < 1.29 is 14.6 Å². The van der Waals surface area contributed by atoms with Gasteiger partial charge in [0, 0.05) is 31.7 Å². The summed E-state index contributed by atoms with van der Waals surface area (Å²) in [7, 11) is 0. The lowest BCUT2D eigenvalue weighted by Crippen LogP contribution is -2.50. The summed E-state index contributed by atoms with van der Waals surface area (Å²) >= 11 is 0. The van der Waals surface area contributed by atoms with Gasteiger partial charge in [-0.3, -0.25) is 0 Å². The van der Waals surface area contributed by atoms with Gasteiger partial charge < -0.3 is 15.2 Å². The fourth-order valence-electron chi connectivity index (χ4n) is 2.26. The van der Waals surface area contributed by atoms with Gasteiger partial charge in [-0.25, -0.2) is 4.79 Å². The van der Waals surface area contributed by atoms with E-state index in [1.54, 1.807) is 0 Å². The number of carbonyl (C=O) groups is 1. The van der Waals surface area contributed by atoms with Crippen molar-refractivity contribution in [2.24, 2.45) is 0 Å². The molecule has 1 saturated heterocycles. The highest BCUT2D eigenvalue weighted by Gasteiger charge is 2.40. The molecule has 1 heterocycles. The number of anilines is 1. The first-order chi connectivity index (χ1) is 8.66. The molecule has 4 nitrogen and oxygen atoms in total. The Bertz CT molecular complexity index is 425. The standard InChI is InChI=1S/C14H19NO3/c1-2-11-4-3-5-12(10-11)15-14(13(16)17)6-8-18-9-7-14/h3-5,10,15H,2,6-9H2,1H3,(H,16,17). The van der Waals surface area contributed by atoms with Gasteiger partial charge in [0.15, 0.2) is 0 Å². The summed E-state index contributed by atoms with van der Waals surface area (Å²) in [5.41, 5.74) is 1.19. The minimum Gasteiger partial charge on any atom is -0.480 e. The molecule has 0 bridgehead atoms. The fourth-order valence-corrected chi connectivity index (χ4v) is 2.26. The minimum atomic E-state index is -0.884. The maximum Gasteiger partial charge on any atom is 0.329 e. The Morgan fingerprint density at radius 2 is 2.17 bits per heavy atom. The smallest absolute Gasteiger partial charge is 0.329 e. The number of carboxylic acids is 1. The maximum absolute atomic E-state index is 11.5. The molecule has 1 aromatic carbocycles. The molecule has 98 valence electrons. The van der Waals surface area contributed by atoms with Crippen LogP contribution in [0.1, 0.15) is 25.3 Å². The monoisotopic (exact) mass is 249 g/mol. The molecule has 1 fully saturated rings. The van der Waals surface area contributed by atoms with Crippen molar-refractivity contribution in [2.45, 2.75) is 31.7 Å². The summed E-state index contributed by atoms with van der Waals surface area (Å²) in [6.07, 6.45) is 1.94. The molecule has 1 aromatic rings. The van der Waals surface area contributed by atoms with Gasteiger partial charge >= 0.3 is 5.97 Å². The van der Waals surface area contributed by atoms with Crippen molar-refractivity contribution in [3.05, 3.63) is 29.8 Å². The zero-order valence-electron chi connectivity index (χ0n) is 10.6. The van der Waals surface area contributed by atoms with Gasteiger partial charge in [0.05, 0.1) is 0 Å². The number of ether oxygens (including phenoxy) is 1. The number of rotatable bonds is 4. The molecule has 2 rings (SSSR count). The summed E-state index contributed by atoms with van der Waals surface area (Å²) in [4.78, 5) is 11.5. The summed E-state index contributed by atoms with van der Waals surface area (Å²) < 4.78 is 5.25. The van der Waals surface area contributed by atoms with Crippen LogP contribution in [0.25, 0.3) is 0 Å². The highest BCUT2D eigenvalue weighted by molar-refractivity contribution is 5.83. The Balaban J connectivity index is 2.20. The maximum atomic E-state index is 11.5. The average Bonchev–Trinajstić information content (AvgIpc) is 2.40. The molecular formula is C14H19NO3. The SMILES string of the molecule is CCc1cccc(NC2(C(=O)O)CCOCC2)c1. The molecule has 0 unspecified atom stereocenters. The van der Waals surface area contributed by atoms with Crippen LogP contribution in [-0.4, -0.2) is 29.8 Å². The summed E-state index contributed by atoms with van der Waals surface area (Å²) in [6, 6.07) is 7.93. The normalized spacial score (nSPS) is 18.3. The van der Waals surface area contributed by atoms with Crippen molar-refractivity contribution in [2.75, 3.05) is 18.5 Å². The van der Waals surface area contributed by atoms with E-state index in [4.69, 9.17) is 4.74 Å². The van der Waals surface area contributed by atoms with E-state index in [0.717, 1.165) is 12.1 Å². The molecule has 1 aliphatic rings. The number of carboxylic acid groups (broad SMARTS) is 1. The molecular weight excluding hydrogens is 230 g/mol. The lowest BCUT2D eigenvalue weighted by molar-refractivity contribution is -0.145. The molecule has 0 spiro atoms. The van der Waals surface area contributed by atoms with Gasteiger partial charge in [-0.15, -0.1) is 0 Å². The van der Waals surface area contributed by atoms with Crippen LogP contribution >= 0.6 is 0 Å². The summed E-state index contributed by atoms with van der Waals surface area (Å²) in [5, 5.41) is 12.6. The van der Waals surface area contributed by atoms with Crippen LogP contribution in [0.15, 0.2) is 24.3 Å². The van der Waals surface area contributed by atoms with Crippen LogP contribution in [0.2, 0.25) is 0 Å². The highest BCUT2D eigenvalue weighted by atomic mass is 16.5. The van der Waals surface area contributed by atoms with Crippen LogP contribution in [0.5, 0.6) is 0 Å². The van der Waals surface area contributed by atoms with Gasteiger partial charge in [-0.05, 0) is 24.1 Å². The van der Waals surface area contributed by atoms with E-state index in [1.165, 1.54) is 5.56 Å². The minimum absolute atomic E-state index is 0.493. The first-order valence-electron chi connectivity index (χ1n) is 6.34. The van der Waals surface area contributed by atoms with Crippen LogP contribution in [0, 0.1) is 0 Å². The zero-order chi connectivity index (χ0) is 13.0. The molecule has 0 aromatic heterocycles. The first-order valence-corrected chi connectivity index (χ1v) is 6.34. The van der Waals surface area contributed by atoms with Crippen molar-refractivity contribution in [1.29, 1.82) is 0 Å². The number of aliphatic carboxylic acids is 1. The third kappa shape index (κ3) is 2.64. The van der Waals surface area contributed by atoms with E-state index < -0.39 is 11.5 Å². The molecule has 0 amide bonds. The predicted octanol–water partition coefficient (Wildman–Crippen LogP) is 2.29. The number of aryl methyl sites for hydroxylation is 1. The van der Waals surface area contributed by atoms with Gasteiger partial charge in [0.2, 0.25) is 0 Å². The number of hydrogen-bond donors (Lipinski definition) is 2. The summed E-state index contributed by atoms with van der Waals surface area (Å²) in [5.74, 6) is -0.798. The van der Waals surface area contributed by atoms with Gasteiger partial charge in [-0.1, -0.05) is 19.1 Å². The van der Waals surface area contributed by atoms with E-state index in [2.05, 4.69) is 12.2 Å². The number of nitrogens with one attached hydrogen (secondary N) is 1. The molecule has 0 saturated carbocycles. The lowest BCUT2D eigenvalue weighted by Gasteiger charge is -2.34. The predicted molar refractivity (Wildman–Crippen MR) is 69.9 cm³/mol. The van der Waals surface area contributed by atoms with Crippen LogP contribution < -0.4 is 5.32 Å². The Hall–Kier alpha value is -1.55. The Labute approximate surface area is 107 Å². The zero-order valence-corrected chi connectivity index (χ0v) is 10.6. The van der Waals surface area contributed by atoms with E-state index in [9.17, 15) is 9.90 Å². The Kier molecular flexibility index (Phi) is 3.87. The van der Waals surface area contributed by atoms with Crippen molar-refractivity contribution in [3.8, 4) is 0 Å². The molecule has 1 aliphatic heterocycles. The van der Waals surface area contributed by atoms with Crippen molar-refractivity contribution in [3.63, 3.8) is 0 Å². The number of hydrogen-bond acceptors (Lipinski definition) is 3. The quantitative estimate of drug-likeness (QED) is 0.859. The van der Waals surface area contributed by atoms with Crippen LogP contribution in [0.4, 0.5) is 5.69 Å². The third-order valence-electron chi connectivity index (χ3n) is 3.47. The van der Waals surface area contributed by atoms with Gasteiger partial charge in [0.25, 0.3) is 0 Å². The summed E-state index contributed by atoms with van der Waals surface area (Å²) in [6.45, 7) is 3.07. The molecule has 0 aliphatic carbocycles. The number of benzene rings is 1. The molecule has 0 atom stereocenters. The van der Waals surface area contributed by atoms with Crippen molar-refractivity contribution in [1.82, 2.24) is 0 Å². The molecule has 0 radical (unpaired) electrons. The van der Waals surface area contributed by atoms with Gasteiger partial charge in [-0.2, -0.15) is 0 Å². The average molecular weight is 249 g/mol. The first kappa shape index (κ1) is 12.9. The molecule has 18 heavy (non-hydrogen) atoms. The third-order valence-corrected chi connectivity index (χ3v) is 3.47. The fraction of sp³-hybridized carbons (Fsp3) is 0.500. The second-order valence-electron chi connectivity index (χ2n) is 4.68. The van der Waals surface area contributed by atoms with E-state index in [-0.39, 0.29) is 0 Å². The van der Waals surface area contributed by atoms with Crippen LogP contribution in [-0.2, 0) is 16.0 Å². The van der Waals surface area contributed by atoms with Gasteiger partial charge in [0.1, 0.15) is 5.54 Å². The van der Waals surface area contributed by atoms with Crippen LogP contribution in [0.3, 0.4) is 0 Å². The van der Waals surface area contributed by atoms with E-state index >= 15 is 0 Å². The van der Waals surface area contributed by atoms with Crippen molar-refractivity contribution >= 4 is 11.7 Å². The second kappa shape index (κ2) is 5.40. The molecule has 2 N–H and O–H groups in total. The Morgan fingerprint density at radius 1 is 1.44 bits per heavy atom. The van der Waals surface area contributed by atoms with E-state index in [0.29, 0.717) is 26.1 Å². The topological polar surface area (TPSA) is 58.6 Å². The van der Waals surface area contributed by atoms with E-state index in [1.807, 2.05) is 24.3 Å². The highest BCUT2D eigenvalue weighted by Crippen LogP contribution is 2.26. The largest absolute Gasteiger partial charge is 0.480 e. The lowest BCUT2D eigenvalue weighted by atomic mass is 9.89. The Morgan fingerprint density at radius 3 is 2.78 bits per heavy atom. The molecule has 4 heteroatoms. The second-order valence-corrected chi connectivity index (χ2v) is 4.68.